The molecule has 116 valence electrons. The van der Waals surface area contributed by atoms with Gasteiger partial charge in [0.15, 0.2) is 0 Å². The SMILES string of the molecule is CC(=O)Nc1ncc(C=CCN2C(=O)c3ccccc3C2=O)[nH]1. The lowest BCUT2D eigenvalue weighted by molar-refractivity contribution is -0.114. The van der Waals surface area contributed by atoms with Crippen LogP contribution in [0.3, 0.4) is 0 Å². The highest BCUT2D eigenvalue weighted by molar-refractivity contribution is 6.21. The molecule has 3 rings (SSSR count). The summed E-state index contributed by atoms with van der Waals surface area (Å²) in [6, 6.07) is 6.76. The van der Waals surface area contributed by atoms with Crippen LogP contribution in [0.15, 0.2) is 36.5 Å². The maximum atomic E-state index is 12.2. The molecule has 23 heavy (non-hydrogen) atoms. The van der Waals surface area contributed by atoms with Gasteiger partial charge in [0.25, 0.3) is 11.8 Å². The number of nitrogens with zero attached hydrogens (tertiary/aromatic N) is 2. The fourth-order valence-electron chi connectivity index (χ4n) is 2.34. The van der Waals surface area contributed by atoms with Crippen LogP contribution >= 0.6 is 0 Å². The molecule has 0 unspecified atom stereocenters. The van der Waals surface area contributed by atoms with Crippen LogP contribution in [0.1, 0.15) is 33.3 Å². The summed E-state index contributed by atoms with van der Waals surface area (Å²) in [6.07, 6.45) is 4.93. The molecule has 0 saturated carbocycles. The number of rotatable bonds is 4. The number of imide groups is 1. The lowest BCUT2D eigenvalue weighted by atomic mass is 10.1. The van der Waals surface area contributed by atoms with Crippen LogP contribution in [0.2, 0.25) is 0 Å². The molecule has 0 saturated heterocycles. The zero-order valence-corrected chi connectivity index (χ0v) is 12.4. The molecule has 1 aromatic carbocycles. The van der Waals surface area contributed by atoms with Gasteiger partial charge in [-0.3, -0.25) is 24.6 Å². The fraction of sp³-hybridized carbons (Fsp3) is 0.125. The first-order valence-corrected chi connectivity index (χ1v) is 7.00. The lowest BCUT2D eigenvalue weighted by Crippen LogP contribution is -2.29. The van der Waals surface area contributed by atoms with E-state index in [1.807, 2.05) is 0 Å². The highest BCUT2D eigenvalue weighted by Crippen LogP contribution is 2.22. The molecule has 2 aromatic rings. The number of anilines is 1. The Morgan fingerprint density at radius 1 is 1.26 bits per heavy atom. The Hall–Kier alpha value is -3.22. The summed E-state index contributed by atoms with van der Waals surface area (Å²) in [6.45, 7) is 1.56. The van der Waals surface area contributed by atoms with Gasteiger partial charge in [-0.1, -0.05) is 18.2 Å². The van der Waals surface area contributed by atoms with Crippen LogP contribution < -0.4 is 5.32 Å². The molecule has 7 nitrogen and oxygen atoms in total. The van der Waals surface area contributed by atoms with Crippen molar-refractivity contribution in [2.24, 2.45) is 0 Å². The molecule has 1 aliphatic heterocycles. The van der Waals surface area contributed by atoms with E-state index in [9.17, 15) is 14.4 Å². The highest BCUT2D eigenvalue weighted by atomic mass is 16.2. The van der Waals surface area contributed by atoms with Gasteiger partial charge < -0.3 is 4.98 Å². The van der Waals surface area contributed by atoms with Crippen molar-refractivity contribution in [3.63, 3.8) is 0 Å². The number of aromatic amines is 1. The van der Waals surface area contributed by atoms with Crippen LogP contribution in [-0.2, 0) is 4.79 Å². The standard InChI is InChI=1S/C16H14N4O3/c1-10(21)18-16-17-9-11(19-16)5-4-8-20-14(22)12-6-2-3-7-13(12)15(20)23/h2-7,9H,8H2,1H3,(H2,17,18,19,21). The van der Waals surface area contributed by atoms with Crippen molar-refractivity contribution in [3.05, 3.63) is 53.4 Å². The third-order valence-corrected chi connectivity index (χ3v) is 3.35. The second kappa shape index (κ2) is 5.88. The molecule has 1 aliphatic rings. The van der Waals surface area contributed by atoms with Crippen LogP contribution in [0, 0.1) is 0 Å². The molecule has 0 spiro atoms. The third-order valence-electron chi connectivity index (χ3n) is 3.35. The quantitative estimate of drug-likeness (QED) is 0.840. The Morgan fingerprint density at radius 3 is 2.52 bits per heavy atom. The number of carbonyl (C=O) groups excluding carboxylic acids is 3. The van der Waals surface area contributed by atoms with E-state index < -0.39 is 0 Å². The van der Waals surface area contributed by atoms with Gasteiger partial charge in [0.05, 0.1) is 23.0 Å². The van der Waals surface area contributed by atoms with Crippen molar-refractivity contribution < 1.29 is 14.4 Å². The Labute approximate surface area is 132 Å². The number of H-pyrrole nitrogens is 1. The highest BCUT2D eigenvalue weighted by Gasteiger charge is 2.34. The Kier molecular flexibility index (Phi) is 3.76. The van der Waals surface area contributed by atoms with E-state index in [1.54, 1.807) is 42.6 Å². The lowest BCUT2D eigenvalue weighted by Gasteiger charge is -2.10. The van der Waals surface area contributed by atoms with Crippen LogP contribution in [0.25, 0.3) is 6.08 Å². The predicted molar refractivity (Wildman–Crippen MR) is 83.7 cm³/mol. The van der Waals surface area contributed by atoms with E-state index in [0.717, 1.165) is 0 Å². The van der Waals surface area contributed by atoms with Gasteiger partial charge in [-0.05, 0) is 18.2 Å². The van der Waals surface area contributed by atoms with Gasteiger partial charge in [0, 0.05) is 13.5 Å². The van der Waals surface area contributed by atoms with Gasteiger partial charge in [-0.25, -0.2) is 4.98 Å². The number of aromatic nitrogens is 2. The molecule has 1 aromatic heterocycles. The summed E-state index contributed by atoms with van der Waals surface area (Å²) in [5, 5.41) is 2.52. The van der Waals surface area contributed by atoms with Crippen LogP contribution in [-0.4, -0.2) is 39.1 Å². The molecule has 3 amide bonds. The van der Waals surface area contributed by atoms with Gasteiger partial charge in [0.1, 0.15) is 0 Å². The van der Waals surface area contributed by atoms with Crippen molar-refractivity contribution in [2.75, 3.05) is 11.9 Å². The number of hydrogen-bond acceptors (Lipinski definition) is 4. The van der Waals surface area contributed by atoms with E-state index >= 15 is 0 Å². The molecule has 0 fully saturated rings. The van der Waals surface area contributed by atoms with Gasteiger partial charge in [-0.2, -0.15) is 0 Å². The normalized spacial score (nSPS) is 13.7. The zero-order valence-electron chi connectivity index (χ0n) is 12.4. The zero-order chi connectivity index (χ0) is 16.4. The number of fused-ring (bicyclic) bond motifs is 1. The first kappa shape index (κ1) is 14.7. The summed E-state index contributed by atoms with van der Waals surface area (Å²) in [5.74, 6) is -0.462. The molecule has 2 heterocycles. The number of benzene rings is 1. The number of carbonyl (C=O) groups is 3. The van der Waals surface area contributed by atoms with Gasteiger partial charge >= 0.3 is 0 Å². The molecular formula is C16H14N4O3. The maximum Gasteiger partial charge on any atom is 0.261 e. The Bertz CT molecular complexity index is 787. The summed E-state index contributed by atoms with van der Waals surface area (Å²) in [4.78, 5) is 43.3. The summed E-state index contributed by atoms with van der Waals surface area (Å²) >= 11 is 0. The second-order valence-electron chi connectivity index (χ2n) is 5.04. The second-order valence-corrected chi connectivity index (χ2v) is 5.04. The van der Waals surface area contributed by atoms with Crippen molar-refractivity contribution in [3.8, 4) is 0 Å². The molecule has 7 heteroatoms. The monoisotopic (exact) mass is 310 g/mol. The molecular weight excluding hydrogens is 296 g/mol. The number of hydrogen-bond donors (Lipinski definition) is 2. The van der Waals surface area contributed by atoms with Gasteiger partial charge in [-0.15, -0.1) is 0 Å². The largest absolute Gasteiger partial charge is 0.324 e. The van der Waals surface area contributed by atoms with E-state index in [1.165, 1.54) is 11.8 Å². The summed E-state index contributed by atoms with van der Waals surface area (Å²) in [7, 11) is 0. The Balaban J connectivity index is 1.67. The minimum absolute atomic E-state index is 0.167. The van der Waals surface area contributed by atoms with Crippen LogP contribution in [0.5, 0.6) is 0 Å². The van der Waals surface area contributed by atoms with Gasteiger partial charge in [0.2, 0.25) is 11.9 Å². The van der Waals surface area contributed by atoms with Crippen molar-refractivity contribution in [2.45, 2.75) is 6.92 Å². The molecule has 0 bridgehead atoms. The first-order valence-electron chi connectivity index (χ1n) is 7.00. The topological polar surface area (TPSA) is 95.2 Å². The van der Waals surface area contributed by atoms with Crippen LogP contribution in [0.4, 0.5) is 5.95 Å². The summed E-state index contributed by atoms with van der Waals surface area (Å²) in [5.41, 5.74) is 1.52. The van der Waals surface area contributed by atoms with E-state index in [0.29, 0.717) is 22.8 Å². The number of amides is 3. The fourth-order valence-corrected chi connectivity index (χ4v) is 2.34. The number of imidazole rings is 1. The van der Waals surface area contributed by atoms with E-state index in [-0.39, 0.29) is 24.3 Å². The minimum Gasteiger partial charge on any atom is -0.324 e. The van der Waals surface area contributed by atoms with E-state index in [4.69, 9.17) is 0 Å². The first-order chi connectivity index (χ1) is 11.1. The van der Waals surface area contributed by atoms with Crippen molar-refractivity contribution in [1.82, 2.24) is 14.9 Å². The van der Waals surface area contributed by atoms with E-state index in [2.05, 4.69) is 15.3 Å². The third kappa shape index (κ3) is 2.89. The Morgan fingerprint density at radius 2 is 1.91 bits per heavy atom. The molecule has 0 aliphatic carbocycles. The summed E-state index contributed by atoms with van der Waals surface area (Å²) < 4.78 is 0. The average Bonchev–Trinajstić information content (AvgIpc) is 3.05. The minimum atomic E-state index is -0.293. The van der Waals surface area contributed by atoms with Crippen molar-refractivity contribution >= 4 is 29.7 Å². The van der Waals surface area contributed by atoms with Crippen molar-refractivity contribution in [1.29, 1.82) is 0 Å². The molecule has 0 radical (unpaired) electrons. The molecule has 0 atom stereocenters. The molecule has 2 N–H and O–H groups in total. The average molecular weight is 310 g/mol. The maximum absolute atomic E-state index is 12.2. The predicted octanol–water partition coefficient (Wildman–Crippen LogP) is 1.68. The number of nitrogens with one attached hydrogen (secondary N) is 2. The smallest absolute Gasteiger partial charge is 0.261 e.